The smallest absolute Gasteiger partial charge is 0.0327 e. The minimum Gasteiger partial charge on any atom is -0.115 e. The van der Waals surface area contributed by atoms with Crippen molar-refractivity contribution in [1.29, 1.82) is 0 Å². The van der Waals surface area contributed by atoms with Crippen LogP contribution < -0.4 is 0 Å². The molecule has 0 amide bonds. The molecular weight excluding hydrogens is 264 g/mol. The van der Waals surface area contributed by atoms with Gasteiger partial charge >= 0.3 is 0 Å². The zero-order chi connectivity index (χ0) is 14.7. The second-order valence-electron chi connectivity index (χ2n) is 5.78. The van der Waals surface area contributed by atoms with Gasteiger partial charge in [-0.15, -0.1) is 6.42 Å². The molecule has 4 aromatic rings. The zero-order valence-electron chi connectivity index (χ0n) is 11.9. The van der Waals surface area contributed by atoms with Crippen LogP contribution in [-0.2, 0) is 0 Å². The van der Waals surface area contributed by atoms with Gasteiger partial charge in [0.1, 0.15) is 0 Å². The van der Waals surface area contributed by atoms with Crippen molar-refractivity contribution in [2.24, 2.45) is 0 Å². The topological polar surface area (TPSA) is 0 Å². The summed E-state index contributed by atoms with van der Waals surface area (Å²) in [4.78, 5) is 0. The van der Waals surface area contributed by atoms with Crippen LogP contribution in [-0.4, -0.2) is 0 Å². The van der Waals surface area contributed by atoms with Gasteiger partial charge in [-0.25, -0.2) is 0 Å². The summed E-state index contributed by atoms with van der Waals surface area (Å²) < 4.78 is 0. The van der Waals surface area contributed by atoms with Crippen molar-refractivity contribution in [1.82, 2.24) is 0 Å². The van der Waals surface area contributed by atoms with Crippen LogP contribution in [0.3, 0.4) is 0 Å². The summed E-state index contributed by atoms with van der Waals surface area (Å²) in [6.07, 6.45) is 10.2. The Balaban J connectivity index is 2.15. The quantitative estimate of drug-likeness (QED) is 0.255. The number of hydrogen-bond acceptors (Lipinski definition) is 0. The average Bonchev–Trinajstić information content (AvgIpc) is 2.99. The second kappa shape index (κ2) is 4.00. The maximum Gasteiger partial charge on any atom is 0.0327 e. The Morgan fingerprint density at radius 3 is 2.23 bits per heavy atom. The molecule has 0 spiro atoms. The van der Waals surface area contributed by atoms with Gasteiger partial charge < -0.3 is 0 Å². The molecule has 1 aliphatic rings. The van der Waals surface area contributed by atoms with Gasteiger partial charge in [0, 0.05) is 5.56 Å². The first-order valence-electron chi connectivity index (χ1n) is 7.43. The first-order valence-corrected chi connectivity index (χ1v) is 7.43. The molecule has 0 fully saturated rings. The standard InChI is InChI=1S/C22H12/c1-2-14-12-21-19-9-5-6-15-10-11-16(22(15)19)13-20(21)18-8-4-3-7-17(14)18/h1,3-13H. The molecular formula is C22H12. The van der Waals surface area contributed by atoms with Crippen molar-refractivity contribution in [2.45, 2.75) is 0 Å². The number of fused-ring (bicyclic) bond motifs is 4. The highest BCUT2D eigenvalue weighted by Crippen LogP contribution is 2.39. The third-order valence-electron chi connectivity index (χ3n) is 4.66. The van der Waals surface area contributed by atoms with Crippen molar-refractivity contribution in [3.05, 3.63) is 71.3 Å². The molecule has 0 saturated carbocycles. The van der Waals surface area contributed by atoms with E-state index in [4.69, 9.17) is 6.42 Å². The molecule has 0 radical (unpaired) electrons. The van der Waals surface area contributed by atoms with Crippen LogP contribution >= 0.6 is 0 Å². The molecule has 22 heavy (non-hydrogen) atoms. The minimum absolute atomic E-state index is 0.967. The Morgan fingerprint density at radius 2 is 1.36 bits per heavy atom. The van der Waals surface area contributed by atoms with E-state index in [1.807, 2.05) is 6.07 Å². The molecule has 0 aromatic heterocycles. The predicted molar refractivity (Wildman–Crippen MR) is 95.8 cm³/mol. The van der Waals surface area contributed by atoms with Crippen molar-refractivity contribution >= 4 is 44.5 Å². The maximum absolute atomic E-state index is 5.76. The molecule has 0 N–H and O–H groups in total. The molecule has 5 rings (SSSR count). The lowest BCUT2D eigenvalue weighted by Gasteiger charge is -2.11. The van der Waals surface area contributed by atoms with Crippen LogP contribution in [0.4, 0.5) is 0 Å². The number of rotatable bonds is 0. The van der Waals surface area contributed by atoms with Crippen LogP contribution in [0, 0.1) is 12.3 Å². The van der Waals surface area contributed by atoms with Gasteiger partial charge in [0.25, 0.3) is 0 Å². The van der Waals surface area contributed by atoms with E-state index in [-0.39, 0.29) is 0 Å². The molecule has 0 aliphatic heterocycles. The van der Waals surface area contributed by atoms with Gasteiger partial charge in [-0.1, -0.05) is 60.5 Å². The summed E-state index contributed by atoms with van der Waals surface area (Å²) in [5.41, 5.74) is 3.57. The molecule has 4 aromatic carbocycles. The second-order valence-corrected chi connectivity index (χ2v) is 5.78. The molecule has 0 heterocycles. The Morgan fingerprint density at radius 1 is 0.636 bits per heavy atom. The first-order chi connectivity index (χ1) is 10.9. The zero-order valence-corrected chi connectivity index (χ0v) is 11.9. The molecule has 0 saturated heterocycles. The Kier molecular flexibility index (Phi) is 2.11. The van der Waals surface area contributed by atoms with Gasteiger partial charge in [-0.2, -0.15) is 0 Å². The fourth-order valence-corrected chi connectivity index (χ4v) is 3.69. The SMILES string of the molecule is C#Cc1cc2c3cccc4c3c(cc2c2ccccc12)C=C4. The van der Waals surface area contributed by atoms with Crippen LogP contribution in [0.25, 0.3) is 44.5 Å². The van der Waals surface area contributed by atoms with E-state index in [2.05, 4.69) is 66.6 Å². The van der Waals surface area contributed by atoms with Crippen molar-refractivity contribution in [2.75, 3.05) is 0 Å². The molecule has 0 atom stereocenters. The number of terminal acetylenes is 1. The third-order valence-corrected chi connectivity index (χ3v) is 4.66. The molecule has 0 unspecified atom stereocenters. The Bertz CT molecular complexity index is 1170. The highest BCUT2D eigenvalue weighted by molar-refractivity contribution is 6.23. The highest BCUT2D eigenvalue weighted by atomic mass is 14.2. The van der Waals surface area contributed by atoms with E-state index in [1.54, 1.807) is 0 Å². The fourth-order valence-electron chi connectivity index (χ4n) is 3.69. The lowest BCUT2D eigenvalue weighted by Crippen LogP contribution is -1.87. The van der Waals surface area contributed by atoms with Gasteiger partial charge in [0.2, 0.25) is 0 Å². The van der Waals surface area contributed by atoms with Crippen LogP contribution in [0.2, 0.25) is 0 Å². The summed E-state index contributed by atoms with van der Waals surface area (Å²) in [5, 5.41) is 7.54. The third kappa shape index (κ3) is 1.33. The van der Waals surface area contributed by atoms with Gasteiger partial charge in [-0.3, -0.25) is 0 Å². The van der Waals surface area contributed by atoms with E-state index in [0.717, 1.165) is 10.9 Å². The van der Waals surface area contributed by atoms with E-state index >= 15 is 0 Å². The van der Waals surface area contributed by atoms with Gasteiger partial charge in [0.15, 0.2) is 0 Å². The average molecular weight is 276 g/mol. The predicted octanol–water partition coefficient (Wildman–Crippen LogP) is 5.61. The molecule has 1 aliphatic carbocycles. The number of hydrogen-bond donors (Lipinski definition) is 0. The normalized spacial score (nSPS) is 12.3. The maximum atomic E-state index is 5.76. The molecule has 0 bridgehead atoms. The van der Waals surface area contributed by atoms with Crippen molar-refractivity contribution < 1.29 is 0 Å². The summed E-state index contributed by atoms with van der Waals surface area (Å²) in [5.74, 6) is 2.86. The van der Waals surface area contributed by atoms with Crippen molar-refractivity contribution in [3.63, 3.8) is 0 Å². The van der Waals surface area contributed by atoms with Gasteiger partial charge in [-0.05, 0) is 55.6 Å². The Labute approximate surface area is 128 Å². The first kappa shape index (κ1) is 11.6. The lowest BCUT2D eigenvalue weighted by atomic mass is 9.91. The Hall–Kier alpha value is -3.04. The number of benzene rings is 4. The highest BCUT2D eigenvalue weighted by Gasteiger charge is 2.14. The summed E-state index contributed by atoms with van der Waals surface area (Å²) >= 11 is 0. The lowest BCUT2D eigenvalue weighted by molar-refractivity contribution is 1.73. The fraction of sp³-hybridized carbons (Fsp3) is 0. The van der Waals surface area contributed by atoms with E-state index in [1.165, 1.54) is 38.1 Å². The summed E-state index contributed by atoms with van der Waals surface area (Å²) in [6.45, 7) is 0. The molecule has 0 nitrogen and oxygen atoms in total. The van der Waals surface area contributed by atoms with E-state index in [9.17, 15) is 0 Å². The monoisotopic (exact) mass is 276 g/mol. The summed E-state index contributed by atoms with van der Waals surface area (Å²) in [7, 11) is 0. The van der Waals surface area contributed by atoms with Crippen LogP contribution in [0.1, 0.15) is 16.7 Å². The van der Waals surface area contributed by atoms with E-state index < -0.39 is 0 Å². The molecule has 0 heteroatoms. The minimum atomic E-state index is 0.967. The largest absolute Gasteiger partial charge is 0.115 e. The van der Waals surface area contributed by atoms with Gasteiger partial charge in [0.05, 0.1) is 0 Å². The summed E-state index contributed by atoms with van der Waals surface area (Å²) in [6, 6.07) is 19.4. The molecule has 100 valence electrons. The van der Waals surface area contributed by atoms with Crippen LogP contribution in [0.15, 0.2) is 54.6 Å². The van der Waals surface area contributed by atoms with E-state index in [0.29, 0.717) is 0 Å². The van der Waals surface area contributed by atoms with Crippen molar-refractivity contribution in [3.8, 4) is 12.3 Å². The van der Waals surface area contributed by atoms with Crippen LogP contribution in [0.5, 0.6) is 0 Å².